The molecule has 2 nitrogen and oxygen atoms in total. The van der Waals surface area contributed by atoms with Crippen molar-refractivity contribution in [2.24, 2.45) is 0 Å². The quantitative estimate of drug-likeness (QED) is 0.675. The Kier molecular flexibility index (Phi) is 3.71. The summed E-state index contributed by atoms with van der Waals surface area (Å²) in [5.41, 5.74) is -0.0771. The lowest BCUT2D eigenvalue weighted by molar-refractivity contribution is -0.143. The maximum Gasteiger partial charge on any atom is 0.312 e. The number of hydrogen-bond acceptors (Lipinski definition) is 2. The van der Waals surface area contributed by atoms with Crippen molar-refractivity contribution in [2.45, 2.75) is 31.5 Å². The van der Waals surface area contributed by atoms with Crippen LogP contribution in [0.25, 0.3) is 0 Å². The van der Waals surface area contributed by atoms with Gasteiger partial charge in [0.15, 0.2) is 6.17 Å². The Bertz CT molecular complexity index is 476. The smallest absolute Gasteiger partial charge is 0.312 e. The molecule has 19 heavy (non-hydrogen) atoms. The molecule has 1 aromatic carbocycles. The van der Waals surface area contributed by atoms with E-state index < -0.39 is 24.9 Å². The molecule has 1 aliphatic carbocycles. The Labute approximate surface area is 108 Å². The number of rotatable bonds is 4. The predicted molar refractivity (Wildman–Crippen MR) is 61.0 cm³/mol. The van der Waals surface area contributed by atoms with Crippen LogP contribution >= 0.6 is 0 Å². The van der Waals surface area contributed by atoms with Crippen LogP contribution in [0.15, 0.2) is 12.1 Å². The van der Waals surface area contributed by atoms with Crippen LogP contribution in [0, 0.1) is 6.92 Å². The van der Waals surface area contributed by atoms with E-state index in [1.165, 1.54) is 19.1 Å². The largest absolute Gasteiger partial charge is 0.493 e. The predicted octanol–water partition coefficient (Wildman–Crippen LogP) is 3.43. The van der Waals surface area contributed by atoms with Crippen LogP contribution < -0.4 is 4.74 Å². The molecule has 2 atom stereocenters. The monoisotopic (exact) mass is 278 g/mol. The van der Waals surface area contributed by atoms with E-state index in [2.05, 4.69) is 0 Å². The van der Waals surface area contributed by atoms with E-state index in [0.717, 1.165) is 0 Å². The number of aryl methyl sites for hydroxylation is 1. The number of halogens is 4. The topological polar surface area (TPSA) is 29.5 Å². The summed E-state index contributed by atoms with van der Waals surface area (Å²) < 4.78 is 58.0. The molecule has 0 heterocycles. The summed E-state index contributed by atoms with van der Waals surface area (Å²) in [6.45, 7) is 0.883. The lowest BCUT2D eigenvalue weighted by Gasteiger charge is -2.16. The number of aliphatic hydroxyl groups excluding tert-OH is 1. The number of benzene rings is 1. The zero-order valence-corrected chi connectivity index (χ0v) is 10.3. The summed E-state index contributed by atoms with van der Waals surface area (Å²) in [6.07, 6.45) is -4.70. The normalized spacial score (nSPS) is 24.3. The molecule has 6 heteroatoms. The van der Waals surface area contributed by atoms with Gasteiger partial charge in [0.1, 0.15) is 11.9 Å². The summed E-state index contributed by atoms with van der Waals surface area (Å²) in [5.74, 6) is -3.93. The Hall–Kier alpha value is -1.30. The average molecular weight is 278 g/mol. The minimum absolute atomic E-state index is 0.0274. The third kappa shape index (κ3) is 2.18. The summed E-state index contributed by atoms with van der Waals surface area (Å²) in [7, 11) is 0. The Morgan fingerprint density at radius 2 is 2.00 bits per heavy atom. The van der Waals surface area contributed by atoms with E-state index in [9.17, 15) is 22.7 Å². The van der Waals surface area contributed by atoms with Gasteiger partial charge in [0.2, 0.25) is 0 Å². The van der Waals surface area contributed by atoms with Crippen LogP contribution in [0.4, 0.5) is 17.6 Å². The second kappa shape index (κ2) is 5.00. The number of alkyl halides is 4. The van der Waals surface area contributed by atoms with Crippen LogP contribution in [-0.4, -0.2) is 24.3 Å². The molecule has 0 aromatic heterocycles. The van der Waals surface area contributed by atoms with Crippen molar-refractivity contribution in [2.75, 3.05) is 13.3 Å². The highest BCUT2D eigenvalue weighted by Gasteiger charge is 2.57. The minimum Gasteiger partial charge on any atom is -0.493 e. The molecule has 106 valence electrons. The van der Waals surface area contributed by atoms with Crippen molar-refractivity contribution in [1.82, 2.24) is 0 Å². The number of ether oxygens (including phenoxy) is 1. The lowest BCUT2D eigenvalue weighted by Crippen LogP contribution is -2.24. The minimum atomic E-state index is -3.87. The van der Waals surface area contributed by atoms with Gasteiger partial charge in [-0.25, -0.2) is 4.39 Å². The van der Waals surface area contributed by atoms with Gasteiger partial charge in [-0.3, -0.25) is 4.39 Å². The molecular weight excluding hydrogens is 264 g/mol. The molecule has 1 aromatic rings. The van der Waals surface area contributed by atoms with Gasteiger partial charge in [-0.1, -0.05) is 6.07 Å². The SMILES string of the molecule is Cc1ccc(OCCCF)c2c1[C@H](O)C(F)(F)[C@@H]2F. The van der Waals surface area contributed by atoms with E-state index in [0.29, 0.717) is 5.56 Å². The first-order valence-electron chi connectivity index (χ1n) is 5.93. The van der Waals surface area contributed by atoms with Crippen molar-refractivity contribution in [3.05, 3.63) is 28.8 Å². The maximum absolute atomic E-state index is 13.8. The Morgan fingerprint density at radius 3 is 2.63 bits per heavy atom. The second-order valence-electron chi connectivity index (χ2n) is 4.54. The molecule has 0 radical (unpaired) electrons. The van der Waals surface area contributed by atoms with E-state index in [1.807, 2.05) is 0 Å². The summed E-state index contributed by atoms with van der Waals surface area (Å²) in [4.78, 5) is 0. The highest BCUT2D eigenvalue weighted by molar-refractivity contribution is 5.52. The van der Waals surface area contributed by atoms with E-state index in [1.54, 1.807) is 0 Å². The van der Waals surface area contributed by atoms with Gasteiger partial charge in [-0.05, 0) is 24.1 Å². The molecule has 0 aliphatic heterocycles. The molecule has 1 N–H and O–H groups in total. The van der Waals surface area contributed by atoms with Crippen molar-refractivity contribution >= 4 is 0 Å². The van der Waals surface area contributed by atoms with Crippen LogP contribution in [0.1, 0.15) is 35.4 Å². The van der Waals surface area contributed by atoms with Gasteiger partial charge in [0, 0.05) is 12.0 Å². The number of aliphatic hydroxyl groups is 1. The van der Waals surface area contributed by atoms with Gasteiger partial charge in [0.05, 0.1) is 13.3 Å². The van der Waals surface area contributed by atoms with Crippen molar-refractivity contribution in [3.63, 3.8) is 0 Å². The zero-order valence-electron chi connectivity index (χ0n) is 10.3. The fraction of sp³-hybridized carbons (Fsp3) is 0.538. The van der Waals surface area contributed by atoms with Crippen molar-refractivity contribution in [1.29, 1.82) is 0 Å². The van der Waals surface area contributed by atoms with Crippen molar-refractivity contribution < 1.29 is 27.4 Å². The highest BCUT2D eigenvalue weighted by atomic mass is 19.3. The standard InChI is InChI=1S/C13H14F4O2/c1-7-3-4-8(19-6-2-5-14)10-9(7)12(18)13(16,17)11(10)15/h3-4,11-12,18H,2,5-6H2,1H3/t11-,12+/m1/s1. The zero-order chi connectivity index (χ0) is 14.2. The van der Waals surface area contributed by atoms with Gasteiger partial charge in [-0.2, -0.15) is 8.78 Å². The second-order valence-corrected chi connectivity index (χ2v) is 4.54. The molecular formula is C13H14F4O2. The Balaban J connectivity index is 2.41. The molecule has 0 bridgehead atoms. The lowest BCUT2D eigenvalue weighted by atomic mass is 10.0. The van der Waals surface area contributed by atoms with Gasteiger partial charge in [0.25, 0.3) is 0 Å². The molecule has 0 spiro atoms. The van der Waals surface area contributed by atoms with Gasteiger partial charge < -0.3 is 9.84 Å². The molecule has 0 saturated heterocycles. The highest BCUT2D eigenvalue weighted by Crippen LogP contribution is 2.56. The van der Waals surface area contributed by atoms with Crippen molar-refractivity contribution in [3.8, 4) is 5.75 Å². The summed E-state index contributed by atoms with van der Waals surface area (Å²) >= 11 is 0. The van der Waals surface area contributed by atoms with E-state index in [-0.39, 0.29) is 29.9 Å². The molecule has 0 fully saturated rings. The number of hydrogen-bond donors (Lipinski definition) is 1. The van der Waals surface area contributed by atoms with E-state index in [4.69, 9.17) is 4.74 Å². The third-order valence-electron chi connectivity index (χ3n) is 3.23. The fourth-order valence-corrected chi connectivity index (χ4v) is 2.24. The first-order chi connectivity index (χ1) is 8.91. The third-order valence-corrected chi connectivity index (χ3v) is 3.23. The van der Waals surface area contributed by atoms with Crippen LogP contribution in [0.5, 0.6) is 5.75 Å². The van der Waals surface area contributed by atoms with Gasteiger partial charge >= 0.3 is 5.92 Å². The molecule has 2 rings (SSSR count). The molecule has 0 saturated carbocycles. The van der Waals surface area contributed by atoms with Crippen LogP contribution in [0.3, 0.4) is 0 Å². The Morgan fingerprint density at radius 1 is 1.32 bits per heavy atom. The number of fused-ring (bicyclic) bond motifs is 1. The van der Waals surface area contributed by atoms with Crippen LogP contribution in [0.2, 0.25) is 0 Å². The first kappa shape index (κ1) is 14.1. The first-order valence-corrected chi connectivity index (χ1v) is 5.93. The average Bonchev–Trinajstić information content (AvgIpc) is 2.55. The summed E-state index contributed by atoms with van der Waals surface area (Å²) in [6, 6.07) is 2.84. The molecule has 1 aliphatic rings. The van der Waals surface area contributed by atoms with Crippen LogP contribution in [-0.2, 0) is 0 Å². The maximum atomic E-state index is 13.8. The van der Waals surface area contributed by atoms with E-state index >= 15 is 0 Å². The summed E-state index contributed by atoms with van der Waals surface area (Å²) in [5, 5.41) is 9.55. The molecule has 0 amide bonds. The fourth-order valence-electron chi connectivity index (χ4n) is 2.24. The molecule has 0 unspecified atom stereocenters. The van der Waals surface area contributed by atoms with Gasteiger partial charge in [-0.15, -0.1) is 0 Å².